The Labute approximate surface area is 150 Å². The summed E-state index contributed by atoms with van der Waals surface area (Å²) >= 11 is 1.50. The third-order valence-electron chi connectivity index (χ3n) is 4.35. The van der Waals surface area contributed by atoms with Gasteiger partial charge in [0.05, 0.1) is 20.9 Å². The maximum absolute atomic E-state index is 13.4. The number of aromatic nitrogens is 1. The molecule has 9 heteroatoms. The van der Waals surface area contributed by atoms with E-state index in [4.69, 9.17) is 4.52 Å². The summed E-state index contributed by atoms with van der Waals surface area (Å²) in [4.78, 5) is 23.6. The number of rotatable bonds is 5. The van der Waals surface area contributed by atoms with Crippen molar-refractivity contribution >= 4 is 28.6 Å². The lowest BCUT2D eigenvalue weighted by Crippen LogP contribution is -2.28. The number of nitro benzene ring substituents is 1. The lowest BCUT2D eigenvalue weighted by atomic mass is 10.0. The number of nitrogens with zero attached hydrogens (tertiary/aromatic N) is 2. The molecule has 0 atom stereocenters. The molecule has 1 amide bonds. The first-order chi connectivity index (χ1) is 12.5. The number of hydrogen-bond donors (Lipinski definition) is 1. The quantitative estimate of drug-likeness (QED) is 0.536. The predicted octanol–water partition coefficient (Wildman–Crippen LogP) is 4.12. The zero-order valence-electron chi connectivity index (χ0n) is 13.3. The van der Waals surface area contributed by atoms with Crippen molar-refractivity contribution in [2.24, 2.45) is 0 Å². The van der Waals surface area contributed by atoms with Crippen molar-refractivity contribution < 1.29 is 18.6 Å². The standard InChI is InChI=1S/C17H12FN3O4S/c18-11-4-3-10(8-12(11)21(23)24)19-16(22)17(5-6-17)15-9-13(25-20-15)14-2-1-7-26-14/h1-4,7-9H,5-6H2,(H,19,22). The third-order valence-corrected chi connectivity index (χ3v) is 5.23. The fraction of sp³-hybridized carbons (Fsp3) is 0.176. The van der Waals surface area contributed by atoms with Gasteiger partial charge in [0.1, 0.15) is 0 Å². The van der Waals surface area contributed by atoms with Crippen molar-refractivity contribution in [3.05, 3.63) is 63.4 Å². The third kappa shape index (κ3) is 2.76. The van der Waals surface area contributed by atoms with Crippen LogP contribution in [0.2, 0.25) is 0 Å². The molecule has 0 bridgehead atoms. The van der Waals surface area contributed by atoms with E-state index in [-0.39, 0.29) is 11.6 Å². The zero-order chi connectivity index (χ0) is 18.3. The van der Waals surface area contributed by atoms with E-state index in [1.165, 1.54) is 17.4 Å². The largest absolute Gasteiger partial charge is 0.355 e. The van der Waals surface area contributed by atoms with Crippen molar-refractivity contribution in [3.63, 3.8) is 0 Å². The summed E-state index contributed by atoms with van der Waals surface area (Å²) in [5.74, 6) is -0.706. The highest BCUT2D eigenvalue weighted by atomic mass is 32.1. The van der Waals surface area contributed by atoms with Crippen molar-refractivity contribution in [2.75, 3.05) is 5.32 Å². The van der Waals surface area contributed by atoms with E-state index >= 15 is 0 Å². The summed E-state index contributed by atoms with van der Waals surface area (Å²) in [6.45, 7) is 0. The number of hydrogen-bond acceptors (Lipinski definition) is 6. The molecule has 26 heavy (non-hydrogen) atoms. The summed E-state index contributed by atoms with van der Waals surface area (Å²) in [7, 11) is 0. The van der Waals surface area contributed by atoms with E-state index in [9.17, 15) is 19.3 Å². The molecule has 1 saturated carbocycles. The molecule has 0 aliphatic heterocycles. The Hall–Kier alpha value is -3.07. The molecule has 0 saturated heterocycles. The van der Waals surface area contributed by atoms with Crippen LogP contribution in [0.1, 0.15) is 18.5 Å². The highest BCUT2D eigenvalue weighted by Gasteiger charge is 2.54. The Balaban J connectivity index is 1.57. The Morgan fingerprint density at radius 2 is 2.15 bits per heavy atom. The van der Waals surface area contributed by atoms with Crippen LogP contribution in [0.4, 0.5) is 15.8 Å². The first-order valence-electron chi connectivity index (χ1n) is 7.76. The van der Waals surface area contributed by atoms with Crippen LogP contribution in [0.15, 0.2) is 46.3 Å². The van der Waals surface area contributed by atoms with Crippen LogP contribution in [0.5, 0.6) is 0 Å². The monoisotopic (exact) mass is 373 g/mol. The number of nitro groups is 1. The highest BCUT2D eigenvalue weighted by molar-refractivity contribution is 7.13. The molecule has 132 valence electrons. The molecule has 4 rings (SSSR count). The van der Waals surface area contributed by atoms with Gasteiger partial charge < -0.3 is 9.84 Å². The van der Waals surface area contributed by atoms with E-state index in [0.29, 0.717) is 24.3 Å². The minimum absolute atomic E-state index is 0.163. The molecule has 2 aromatic heterocycles. The highest BCUT2D eigenvalue weighted by Crippen LogP contribution is 2.49. The number of halogens is 1. The summed E-state index contributed by atoms with van der Waals surface area (Å²) in [6, 6.07) is 8.78. The second kappa shape index (κ2) is 6.03. The van der Waals surface area contributed by atoms with Crippen LogP contribution in [0.3, 0.4) is 0 Å². The van der Waals surface area contributed by atoms with Gasteiger partial charge in [-0.15, -0.1) is 11.3 Å². The van der Waals surface area contributed by atoms with Gasteiger partial charge in [0, 0.05) is 17.8 Å². The minimum atomic E-state index is -0.953. The van der Waals surface area contributed by atoms with E-state index in [2.05, 4.69) is 10.5 Å². The Morgan fingerprint density at radius 3 is 2.81 bits per heavy atom. The van der Waals surface area contributed by atoms with Crippen molar-refractivity contribution in [1.82, 2.24) is 5.16 Å². The van der Waals surface area contributed by atoms with E-state index < -0.39 is 21.8 Å². The van der Waals surface area contributed by atoms with Gasteiger partial charge in [-0.2, -0.15) is 4.39 Å². The second-order valence-electron chi connectivity index (χ2n) is 6.01. The first-order valence-corrected chi connectivity index (χ1v) is 8.64. The average molecular weight is 373 g/mol. The van der Waals surface area contributed by atoms with Gasteiger partial charge in [-0.1, -0.05) is 11.2 Å². The molecule has 0 radical (unpaired) electrons. The van der Waals surface area contributed by atoms with Crippen molar-refractivity contribution in [2.45, 2.75) is 18.3 Å². The van der Waals surface area contributed by atoms with Crippen LogP contribution >= 0.6 is 11.3 Å². The molecule has 0 spiro atoms. The van der Waals surface area contributed by atoms with Gasteiger partial charge in [-0.25, -0.2) is 0 Å². The van der Waals surface area contributed by atoms with Gasteiger partial charge in [-0.3, -0.25) is 14.9 Å². The predicted molar refractivity (Wildman–Crippen MR) is 92.4 cm³/mol. The molecular formula is C17H12FN3O4S. The summed E-state index contributed by atoms with van der Waals surface area (Å²) in [5.41, 5.74) is -0.817. The molecule has 1 fully saturated rings. The molecule has 1 aromatic carbocycles. The Kier molecular flexibility index (Phi) is 3.80. The van der Waals surface area contributed by atoms with Crippen LogP contribution in [-0.4, -0.2) is 16.0 Å². The fourth-order valence-electron chi connectivity index (χ4n) is 2.74. The molecule has 1 aliphatic rings. The minimum Gasteiger partial charge on any atom is -0.355 e. The lowest BCUT2D eigenvalue weighted by Gasteiger charge is -2.12. The smallest absolute Gasteiger partial charge is 0.306 e. The fourth-order valence-corrected chi connectivity index (χ4v) is 3.41. The molecule has 7 nitrogen and oxygen atoms in total. The van der Waals surface area contributed by atoms with Crippen molar-refractivity contribution in [1.29, 1.82) is 0 Å². The molecule has 3 aromatic rings. The summed E-state index contributed by atoms with van der Waals surface area (Å²) < 4.78 is 18.8. The number of anilines is 1. The maximum atomic E-state index is 13.4. The SMILES string of the molecule is O=C(Nc1ccc(F)c([N+](=O)[O-])c1)C1(c2cc(-c3cccs3)on2)CC1. The molecule has 2 heterocycles. The van der Waals surface area contributed by atoms with E-state index in [1.807, 2.05) is 17.5 Å². The number of benzene rings is 1. The number of thiophene rings is 1. The first kappa shape index (κ1) is 16.4. The van der Waals surface area contributed by atoms with Crippen LogP contribution in [0, 0.1) is 15.9 Å². The van der Waals surface area contributed by atoms with Crippen LogP contribution in [-0.2, 0) is 10.2 Å². The normalized spacial score (nSPS) is 14.8. The van der Waals surface area contributed by atoms with Crippen LogP contribution < -0.4 is 5.32 Å². The summed E-state index contributed by atoms with van der Waals surface area (Å²) in [6.07, 6.45) is 1.19. The average Bonchev–Trinajstić information content (AvgIpc) is 3.04. The number of carbonyl (C=O) groups is 1. The number of nitrogens with one attached hydrogen (secondary N) is 1. The lowest BCUT2D eigenvalue weighted by molar-refractivity contribution is -0.387. The maximum Gasteiger partial charge on any atom is 0.306 e. The topological polar surface area (TPSA) is 98.3 Å². The van der Waals surface area contributed by atoms with Gasteiger partial charge in [0.15, 0.2) is 5.76 Å². The Morgan fingerprint density at radius 1 is 1.35 bits per heavy atom. The molecule has 0 unspecified atom stereocenters. The van der Waals surface area contributed by atoms with Gasteiger partial charge in [-0.05, 0) is 36.4 Å². The molecule has 1 N–H and O–H groups in total. The van der Waals surface area contributed by atoms with Gasteiger partial charge >= 0.3 is 5.69 Å². The zero-order valence-corrected chi connectivity index (χ0v) is 14.1. The van der Waals surface area contributed by atoms with Crippen LogP contribution in [0.25, 0.3) is 10.6 Å². The summed E-state index contributed by atoms with van der Waals surface area (Å²) in [5, 5.41) is 19.4. The van der Waals surface area contributed by atoms with E-state index in [1.54, 1.807) is 6.07 Å². The molecular weight excluding hydrogens is 361 g/mol. The van der Waals surface area contributed by atoms with E-state index in [0.717, 1.165) is 17.0 Å². The second-order valence-corrected chi connectivity index (χ2v) is 6.96. The van der Waals surface area contributed by atoms with Gasteiger partial charge in [0.2, 0.25) is 11.7 Å². The number of amides is 1. The van der Waals surface area contributed by atoms with Gasteiger partial charge in [0.25, 0.3) is 0 Å². The molecule has 1 aliphatic carbocycles. The number of carbonyl (C=O) groups excluding carboxylic acids is 1. The Bertz CT molecular complexity index is 995. The van der Waals surface area contributed by atoms with Crippen molar-refractivity contribution in [3.8, 4) is 10.6 Å².